The average Bonchev–Trinajstić information content (AvgIpc) is 2.32. The standard InChI is InChI=1S/C12H15NO5/c1-7-2-3-8(6-10(7)15)11(16)13-5-4-9(14)12(17)18/h2-3,6,9,14-15H,4-5H2,1H3,(H,13,16)(H,17,18). The van der Waals surface area contributed by atoms with Crippen molar-refractivity contribution in [2.24, 2.45) is 0 Å². The molecule has 0 heterocycles. The molecule has 1 atom stereocenters. The largest absolute Gasteiger partial charge is 0.508 e. The predicted octanol–water partition coefficient (Wildman–Crippen LogP) is 0.266. The van der Waals surface area contributed by atoms with Gasteiger partial charge in [-0.1, -0.05) is 6.07 Å². The molecule has 0 fully saturated rings. The van der Waals surface area contributed by atoms with Gasteiger partial charge in [-0.2, -0.15) is 0 Å². The van der Waals surface area contributed by atoms with E-state index in [1.54, 1.807) is 19.1 Å². The van der Waals surface area contributed by atoms with Crippen molar-refractivity contribution in [2.75, 3.05) is 6.54 Å². The van der Waals surface area contributed by atoms with E-state index in [0.29, 0.717) is 5.56 Å². The number of aryl methyl sites for hydroxylation is 1. The quantitative estimate of drug-likeness (QED) is 0.602. The first kappa shape index (κ1) is 14.0. The summed E-state index contributed by atoms with van der Waals surface area (Å²) in [5.41, 5.74) is 0.941. The zero-order chi connectivity index (χ0) is 13.7. The summed E-state index contributed by atoms with van der Waals surface area (Å²) in [6, 6.07) is 4.49. The number of hydrogen-bond donors (Lipinski definition) is 4. The highest BCUT2D eigenvalue weighted by molar-refractivity contribution is 5.94. The number of aromatic hydroxyl groups is 1. The molecule has 0 bridgehead atoms. The van der Waals surface area contributed by atoms with Crippen molar-refractivity contribution in [3.05, 3.63) is 29.3 Å². The number of phenols is 1. The third-order valence-electron chi connectivity index (χ3n) is 2.46. The van der Waals surface area contributed by atoms with Crippen molar-refractivity contribution in [1.29, 1.82) is 0 Å². The first-order valence-corrected chi connectivity index (χ1v) is 5.40. The van der Waals surface area contributed by atoms with Crippen LogP contribution in [0.2, 0.25) is 0 Å². The summed E-state index contributed by atoms with van der Waals surface area (Å²) in [6.45, 7) is 1.75. The average molecular weight is 253 g/mol. The van der Waals surface area contributed by atoms with Crippen molar-refractivity contribution in [3.8, 4) is 5.75 Å². The molecule has 0 aliphatic heterocycles. The number of carbonyl (C=O) groups is 2. The number of carboxylic acid groups (broad SMARTS) is 1. The van der Waals surface area contributed by atoms with Gasteiger partial charge in [0, 0.05) is 18.5 Å². The Morgan fingerprint density at radius 1 is 1.39 bits per heavy atom. The van der Waals surface area contributed by atoms with E-state index >= 15 is 0 Å². The lowest BCUT2D eigenvalue weighted by atomic mass is 10.1. The fourth-order valence-electron chi connectivity index (χ4n) is 1.30. The van der Waals surface area contributed by atoms with Crippen molar-refractivity contribution in [3.63, 3.8) is 0 Å². The van der Waals surface area contributed by atoms with Crippen molar-refractivity contribution < 1.29 is 24.9 Å². The second-order valence-corrected chi connectivity index (χ2v) is 3.90. The van der Waals surface area contributed by atoms with E-state index < -0.39 is 18.0 Å². The normalized spacial score (nSPS) is 11.9. The molecule has 4 N–H and O–H groups in total. The highest BCUT2D eigenvalue weighted by Crippen LogP contribution is 2.17. The third kappa shape index (κ3) is 3.74. The number of aliphatic hydroxyl groups is 1. The topological polar surface area (TPSA) is 107 Å². The maximum atomic E-state index is 11.6. The maximum Gasteiger partial charge on any atom is 0.332 e. The Labute approximate surface area is 104 Å². The first-order chi connectivity index (χ1) is 8.41. The highest BCUT2D eigenvalue weighted by atomic mass is 16.4. The number of carboxylic acids is 1. The first-order valence-electron chi connectivity index (χ1n) is 5.40. The van der Waals surface area contributed by atoms with Crippen LogP contribution in [0.5, 0.6) is 5.75 Å². The van der Waals surface area contributed by atoms with Gasteiger partial charge in [0.2, 0.25) is 0 Å². The van der Waals surface area contributed by atoms with Gasteiger partial charge < -0.3 is 20.6 Å². The van der Waals surface area contributed by atoms with Crippen LogP contribution in [0.1, 0.15) is 22.3 Å². The zero-order valence-corrected chi connectivity index (χ0v) is 9.88. The summed E-state index contributed by atoms with van der Waals surface area (Å²) in [5, 5.41) is 29.3. The minimum Gasteiger partial charge on any atom is -0.508 e. The molecule has 1 rings (SSSR count). The lowest BCUT2D eigenvalue weighted by Gasteiger charge is -2.08. The fourth-order valence-corrected chi connectivity index (χ4v) is 1.30. The maximum absolute atomic E-state index is 11.6. The molecule has 18 heavy (non-hydrogen) atoms. The van der Waals surface area contributed by atoms with Crippen LogP contribution in [-0.2, 0) is 4.79 Å². The number of hydrogen-bond acceptors (Lipinski definition) is 4. The number of benzene rings is 1. The van der Waals surface area contributed by atoms with Gasteiger partial charge in [0.1, 0.15) is 5.75 Å². The summed E-state index contributed by atoms with van der Waals surface area (Å²) in [5.74, 6) is -1.73. The molecule has 0 aliphatic carbocycles. The molecular formula is C12H15NO5. The Morgan fingerprint density at radius 3 is 2.61 bits per heavy atom. The van der Waals surface area contributed by atoms with Gasteiger partial charge >= 0.3 is 5.97 Å². The van der Waals surface area contributed by atoms with Gasteiger partial charge in [0.15, 0.2) is 6.10 Å². The molecule has 0 saturated heterocycles. The predicted molar refractivity (Wildman–Crippen MR) is 63.4 cm³/mol. The van der Waals surface area contributed by atoms with Crippen LogP contribution in [0.4, 0.5) is 0 Å². The minimum absolute atomic E-state index is 0.0215. The second kappa shape index (κ2) is 6.02. The molecule has 0 radical (unpaired) electrons. The van der Waals surface area contributed by atoms with E-state index in [1.807, 2.05) is 0 Å². The van der Waals surface area contributed by atoms with Crippen LogP contribution in [0, 0.1) is 6.92 Å². The third-order valence-corrected chi connectivity index (χ3v) is 2.46. The Morgan fingerprint density at radius 2 is 2.06 bits per heavy atom. The van der Waals surface area contributed by atoms with Gasteiger partial charge in [-0.05, 0) is 24.6 Å². The van der Waals surface area contributed by atoms with Crippen LogP contribution in [0.3, 0.4) is 0 Å². The van der Waals surface area contributed by atoms with Crippen LogP contribution in [-0.4, -0.2) is 39.8 Å². The molecule has 1 aromatic carbocycles. The van der Waals surface area contributed by atoms with Crippen LogP contribution < -0.4 is 5.32 Å². The molecule has 1 amide bonds. The fraction of sp³-hybridized carbons (Fsp3) is 0.333. The smallest absolute Gasteiger partial charge is 0.332 e. The van der Waals surface area contributed by atoms with E-state index in [0.717, 1.165) is 0 Å². The molecule has 0 aromatic heterocycles. The molecule has 1 unspecified atom stereocenters. The van der Waals surface area contributed by atoms with Gasteiger partial charge in [-0.25, -0.2) is 4.79 Å². The number of phenolic OH excluding ortho intramolecular Hbond substituents is 1. The number of carbonyl (C=O) groups excluding carboxylic acids is 1. The SMILES string of the molecule is Cc1ccc(C(=O)NCCC(O)C(=O)O)cc1O. The van der Waals surface area contributed by atoms with E-state index in [2.05, 4.69) is 5.32 Å². The Balaban J connectivity index is 2.50. The Hall–Kier alpha value is -2.08. The number of aliphatic hydroxyl groups excluding tert-OH is 1. The second-order valence-electron chi connectivity index (χ2n) is 3.90. The van der Waals surface area contributed by atoms with Gasteiger partial charge in [-0.3, -0.25) is 4.79 Å². The van der Waals surface area contributed by atoms with Crippen LogP contribution in [0.15, 0.2) is 18.2 Å². The zero-order valence-electron chi connectivity index (χ0n) is 9.88. The number of amides is 1. The molecule has 6 nitrogen and oxygen atoms in total. The molecule has 0 saturated carbocycles. The van der Waals surface area contributed by atoms with Crippen molar-refractivity contribution in [2.45, 2.75) is 19.4 Å². The van der Waals surface area contributed by atoms with Crippen molar-refractivity contribution >= 4 is 11.9 Å². The van der Waals surface area contributed by atoms with Gasteiger partial charge in [0.25, 0.3) is 5.91 Å². The number of aliphatic carboxylic acids is 1. The van der Waals surface area contributed by atoms with Gasteiger partial charge in [-0.15, -0.1) is 0 Å². The number of nitrogens with one attached hydrogen (secondary N) is 1. The Kier molecular flexibility index (Phi) is 4.67. The molecule has 1 aromatic rings. The van der Waals surface area contributed by atoms with E-state index in [9.17, 15) is 14.7 Å². The van der Waals surface area contributed by atoms with Crippen LogP contribution in [0.25, 0.3) is 0 Å². The molecule has 98 valence electrons. The molecule has 0 spiro atoms. The Bertz CT molecular complexity index is 458. The van der Waals surface area contributed by atoms with E-state index in [4.69, 9.17) is 10.2 Å². The summed E-state index contributed by atoms with van der Waals surface area (Å²) < 4.78 is 0. The summed E-state index contributed by atoms with van der Waals surface area (Å²) in [7, 11) is 0. The molecule has 6 heteroatoms. The monoisotopic (exact) mass is 253 g/mol. The summed E-state index contributed by atoms with van der Waals surface area (Å²) in [4.78, 5) is 21.9. The lowest BCUT2D eigenvalue weighted by Crippen LogP contribution is -2.30. The molecule has 0 aliphatic rings. The van der Waals surface area contributed by atoms with E-state index in [1.165, 1.54) is 6.07 Å². The van der Waals surface area contributed by atoms with Crippen molar-refractivity contribution in [1.82, 2.24) is 5.32 Å². The van der Waals surface area contributed by atoms with E-state index in [-0.39, 0.29) is 24.3 Å². The highest BCUT2D eigenvalue weighted by Gasteiger charge is 2.13. The number of rotatable bonds is 5. The summed E-state index contributed by atoms with van der Waals surface area (Å²) >= 11 is 0. The minimum atomic E-state index is -1.49. The van der Waals surface area contributed by atoms with Gasteiger partial charge in [0.05, 0.1) is 0 Å². The molecular weight excluding hydrogens is 238 g/mol. The van der Waals surface area contributed by atoms with Crippen LogP contribution >= 0.6 is 0 Å². The summed E-state index contributed by atoms with van der Waals surface area (Å²) in [6.07, 6.45) is -1.56. The lowest BCUT2D eigenvalue weighted by molar-refractivity contribution is -0.146.